The molecule has 0 saturated heterocycles. The van der Waals surface area contributed by atoms with Crippen molar-refractivity contribution in [2.45, 2.75) is 17.7 Å². The van der Waals surface area contributed by atoms with E-state index in [9.17, 15) is 17.4 Å². The largest absolute Gasteiger partial charge is 0.396 e. The number of thiazole rings is 1. The van der Waals surface area contributed by atoms with Gasteiger partial charge >= 0.3 is 6.08 Å². The second-order valence-electron chi connectivity index (χ2n) is 3.16. The van der Waals surface area contributed by atoms with E-state index in [-0.39, 0.29) is 10.1 Å². The lowest BCUT2D eigenvalue weighted by atomic mass is 10.4. The molecule has 0 amide bonds. The van der Waals surface area contributed by atoms with Crippen molar-refractivity contribution < 1.29 is 22.2 Å². The summed E-state index contributed by atoms with van der Waals surface area (Å²) in [5.41, 5.74) is 0.453. The molecular weight excluding hydrogens is 301 g/mol. The van der Waals surface area contributed by atoms with Gasteiger partial charge in [0.05, 0.1) is 22.7 Å². The predicted octanol–water partition coefficient (Wildman–Crippen LogP) is 3.09. The third kappa shape index (κ3) is 5.52. The second-order valence-corrected chi connectivity index (χ2v) is 5.76. The van der Waals surface area contributed by atoms with Gasteiger partial charge in [-0.05, 0) is 6.92 Å². The molecule has 0 fully saturated rings. The highest BCUT2D eigenvalue weighted by Crippen LogP contribution is 2.18. The molecule has 0 saturated carbocycles. The standard InChI is InChI=1S/C10H11F3N2O2S2/c1-2-17-14-5-7-6-18-10(15-7)19(16)4-3-8(11)9(12)13/h5-6H,2-4H2,1H3/b14-5+. The summed E-state index contributed by atoms with van der Waals surface area (Å²) in [5.74, 6) is -1.78. The highest BCUT2D eigenvalue weighted by Gasteiger charge is 2.12. The Balaban J connectivity index is 2.56. The van der Waals surface area contributed by atoms with Crippen LogP contribution in [0, 0.1) is 0 Å². The smallest absolute Gasteiger partial charge is 0.301 e. The highest BCUT2D eigenvalue weighted by molar-refractivity contribution is 7.87. The van der Waals surface area contributed by atoms with Crippen LogP contribution in [-0.4, -0.2) is 27.8 Å². The number of nitrogens with zero attached hydrogens (tertiary/aromatic N) is 2. The van der Waals surface area contributed by atoms with E-state index in [2.05, 4.69) is 10.1 Å². The summed E-state index contributed by atoms with van der Waals surface area (Å²) in [6, 6.07) is 0. The average Bonchev–Trinajstić information content (AvgIpc) is 2.84. The Morgan fingerprint density at radius 3 is 2.95 bits per heavy atom. The van der Waals surface area contributed by atoms with Gasteiger partial charge in [0.1, 0.15) is 6.61 Å². The number of hydrogen-bond acceptors (Lipinski definition) is 5. The molecule has 0 aromatic carbocycles. The first kappa shape index (κ1) is 15.8. The van der Waals surface area contributed by atoms with Crippen molar-refractivity contribution in [1.29, 1.82) is 0 Å². The van der Waals surface area contributed by atoms with E-state index in [0.717, 1.165) is 11.3 Å². The average molecular weight is 312 g/mol. The van der Waals surface area contributed by atoms with Crippen molar-refractivity contribution in [3.63, 3.8) is 0 Å². The third-order valence-electron chi connectivity index (χ3n) is 1.80. The summed E-state index contributed by atoms with van der Waals surface area (Å²) in [6.07, 6.45) is -1.60. The maximum atomic E-state index is 12.6. The first-order valence-electron chi connectivity index (χ1n) is 5.23. The van der Waals surface area contributed by atoms with Crippen LogP contribution in [0.25, 0.3) is 0 Å². The molecule has 0 spiro atoms. The van der Waals surface area contributed by atoms with Crippen molar-refractivity contribution in [2.75, 3.05) is 12.4 Å². The molecule has 106 valence electrons. The molecule has 1 aromatic rings. The molecule has 0 aliphatic rings. The van der Waals surface area contributed by atoms with E-state index >= 15 is 0 Å². The van der Waals surface area contributed by atoms with Crippen molar-refractivity contribution in [1.82, 2.24) is 4.98 Å². The van der Waals surface area contributed by atoms with Crippen LogP contribution in [0.3, 0.4) is 0 Å². The zero-order valence-corrected chi connectivity index (χ0v) is 11.6. The van der Waals surface area contributed by atoms with Crippen LogP contribution in [0.2, 0.25) is 0 Å². The molecule has 1 unspecified atom stereocenters. The Morgan fingerprint density at radius 2 is 2.32 bits per heavy atom. The molecular formula is C10H11F3N2O2S2. The molecule has 0 aliphatic heterocycles. The summed E-state index contributed by atoms with van der Waals surface area (Å²) in [5, 5.41) is 5.18. The van der Waals surface area contributed by atoms with Gasteiger partial charge in [0.2, 0.25) is 0 Å². The predicted molar refractivity (Wildman–Crippen MR) is 67.6 cm³/mol. The maximum absolute atomic E-state index is 12.6. The Kier molecular flexibility index (Phi) is 6.71. The van der Waals surface area contributed by atoms with E-state index in [4.69, 9.17) is 4.84 Å². The van der Waals surface area contributed by atoms with Crippen molar-refractivity contribution in [2.24, 2.45) is 5.16 Å². The zero-order valence-electron chi connectivity index (χ0n) is 9.94. The van der Waals surface area contributed by atoms with E-state index < -0.39 is 29.1 Å². The van der Waals surface area contributed by atoms with E-state index in [1.165, 1.54) is 6.21 Å². The maximum Gasteiger partial charge on any atom is 0.301 e. The van der Waals surface area contributed by atoms with Crippen molar-refractivity contribution in [3.8, 4) is 0 Å². The van der Waals surface area contributed by atoms with Gasteiger partial charge in [-0.2, -0.15) is 8.78 Å². The lowest BCUT2D eigenvalue weighted by Gasteiger charge is -1.96. The zero-order chi connectivity index (χ0) is 14.3. The third-order valence-corrected chi connectivity index (χ3v) is 4.35. The fourth-order valence-electron chi connectivity index (χ4n) is 0.963. The van der Waals surface area contributed by atoms with Crippen LogP contribution in [0.15, 0.2) is 26.8 Å². The number of hydrogen-bond donors (Lipinski definition) is 0. The molecule has 9 heteroatoms. The molecule has 1 rings (SSSR count). The van der Waals surface area contributed by atoms with Gasteiger partial charge in [-0.1, -0.05) is 5.16 Å². The van der Waals surface area contributed by atoms with Gasteiger partial charge in [-0.25, -0.2) is 9.37 Å². The summed E-state index contributed by atoms with van der Waals surface area (Å²) in [4.78, 5) is 8.70. The minimum Gasteiger partial charge on any atom is -0.396 e. The monoisotopic (exact) mass is 312 g/mol. The van der Waals surface area contributed by atoms with Crippen molar-refractivity contribution >= 4 is 28.4 Å². The Labute approximate surface area is 114 Å². The number of allylic oxidation sites excluding steroid dienone is 1. The van der Waals surface area contributed by atoms with E-state index in [1.807, 2.05) is 0 Å². The van der Waals surface area contributed by atoms with Crippen LogP contribution in [0.1, 0.15) is 19.0 Å². The molecule has 0 N–H and O–H groups in total. The summed E-state index contributed by atoms with van der Waals surface area (Å²) in [7, 11) is -1.61. The lowest BCUT2D eigenvalue weighted by Crippen LogP contribution is -1.99. The first-order valence-corrected chi connectivity index (χ1v) is 7.43. The van der Waals surface area contributed by atoms with E-state index in [0.29, 0.717) is 12.3 Å². The van der Waals surface area contributed by atoms with Gasteiger partial charge in [0.25, 0.3) is 0 Å². The summed E-state index contributed by atoms with van der Waals surface area (Å²) < 4.78 is 48.1. The summed E-state index contributed by atoms with van der Waals surface area (Å²) >= 11 is 1.09. The quantitative estimate of drug-likeness (QED) is 0.574. The van der Waals surface area contributed by atoms with Crippen LogP contribution in [0.4, 0.5) is 13.2 Å². The Hall–Kier alpha value is -1.22. The number of oxime groups is 1. The van der Waals surface area contributed by atoms with Gasteiger partial charge in [0.15, 0.2) is 10.2 Å². The van der Waals surface area contributed by atoms with E-state index in [1.54, 1.807) is 12.3 Å². The molecule has 1 aromatic heterocycles. The fraction of sp³-hybridized carbons (Fsp3) is 0.400. The summed E-state index contributed by atoms with van der Waals surface area (Å²) in [6.45, 7) is 2.19. The van der Waals surface area contributed by atoms with Crippen LogP contribution in [-0.2, 0) is 15.6 Å². The van der Waals surface area contributed by atoms with Gasteiger partial charge in [-0.15, -0.1) is 11.3 Å². The van der Waals surface area contributed by atoms with Gasteiger partial charge in [-0.3, -0.25) is 4.21 Å². The fourth-order valence-corrected chi connectivity index (χ4v) is 3.03. The van der Waals surface area contributed by atoms with Crippen LogP contribution >= 0.6 is 11.3 Å². The van der Waals surface area contributed by atoms with Crippen molar-refractivity contribution in [3.05, 3.63) is 23.0 Å². The number of rotatable bonds is 7. The molecule has 0 radical (unpaired) electrons. The van der Waals surface area contributed by atoms with Crippen LogP contribution in [0.5, 0.6) is 0 Å². The second kappa shape index (κ2) is 8.05. The molecule has 19 heavy (non-hydrogen) atoms. The normalized spacial score (nSPS) is 12.6. The Morgan fingerprint density at radius 1 is 1.58 bits per heavy atom. The van der Waals surface area contributed by atoms with Gasteiger partial charge < -0.3 is 4.84 Å². The minimum absolute atomic E-state index is 0.237. The number of halogens is 3. The highest BCUT2D eigenvalue weighted by atomic mass is 32.2. The number of aromatic nitrogens is 1. The molecule has 1 heterocycles. The molecule has 0 bridgehead atoms. The topological polar surface area (TPSA) is 51.5 Å². The first-order chi connectivity index (χ1) is 9.04. The SMILES string of the molecule is CCO/N=C/c1csc(S(=O)CCC(F)=C(F)F)n1. The Bertz CT molecular complexity index is 499. The van der Waals surface area contributed by atoms with Crippen LogP contribution < -0.4 is 0 Å². The molecule has 0 aliphatic carbocycles. The molecule has 4 nitrogen and oxygen atoms in total. The minimum atomic E-state index is -2.37. The lowest BCUT2D eigenvalue weighted by molar-refractivity contribution is 0.160. The molecule has 1 atom stereocenters. The van der Waals surface area contributed by atoms with Gasteiger partial charge in [0, 0.05) is 17.6 Å².